The number of carbonyl (C=O) groups excluding carboxylic acids is 1. The van der Waals surface area contributed by atoms with Crippen LogP contribution >= 0.6 is 0 Å². The third kappa shape index (κ3) is 3.06. The molecule has 2 rings (SSSR count). The fraction of sp³-hybridized carbons (Fsp3) is 0.133. The fourth-order valence-corrected chi connectivity index (χ4v) is 1.68. The molecule has 0 radical (unpaired) electrons. The Labute approximate surface area is 115 Å². The number of hydrogen-bond acceptors (Lipinski definition) is 4. The van der Waals surface area contributed by atoms with Crippen LogP contribution in [0.15, 0.2) is 42.5 Å². The van der Waals surface area contributed by atoms with Gasteiger partial charge in [-0.15, -0.1) is 0 Å². The van der Waals surface area contributed by atoms with Gasteiger partial charge in [0.15, 0.2) is 11.6 Å². The molecule has 0 saturated carbocycles. The van der Waals surface area contributed by atoms with Gasteiger partial charge in [0.1, 0.15) is 5.75 Å². The number of ether oxygens (including phenoxy) is 3. The summed E-state index contributed by atoms with van der Waals surface area (Å²) in [5.41, 5.74) is 1.50. The normalized spacial score (nSPS) is 9.95. The first-order valence-electron chi connectivity index (χ1n) is 5.84. The van der Waals surface area contributed by atoms with Crippen molar-refractivity contribution in [3.8, 4) is 22.6 Å². The van der Waals surface area contributed by atoms with Crippen LogP contribution in [-0.2, 0) is 4.74 Å². The van der Waals surface area contributed by atoms with Crippen LogP contribution in [-0.4, -0.2) is 20.4 Å². The highest BCUT2D eigenvalue weighted by Crippen LogP contribution is 2.27. The minimum absolute atomic E-state index is 0.172. The number of methoxy groups -OCH3 is 2. The largest absolute Gasteiger partial charge is 0.513 e. The monoisotopic (exact) mass is 276 g/mol. The molecule has 5 heteroatoms. The molecule has 2 aromatic rings. The van der Waals surface area contributed by atoms with Gasteiger partial charge in [0, 0.05) is 0 Å². The summed E-state index contributed by atoms with van der Waals surface area (Å²) in [6.07, 6.45) is -0.957. The molecule has 0 N–H and O–H groups in total. The predicted molar refractivity (Wildman–Crippen MR) is 71.4 cm³/mol. The summed E-state index contributed by atoms with van der Waals surface area (Å²) >= 11 is 0. The lowest BCUT2D eigenvalue weighted by atomic mass is 10.1. The van der Waals surface area contributed by atoms with Gasteiger partial charge in [-0.3, -0.25) is 0 Å². The van der Waals surface area contributed by atoms with E-state index in [9.17, 15) is 9.18 Å². The third-order valence-corrected chi connectivity index (χ3v) is 2.72. The molecule has 20 heavy (non-hydrogen) atoms. The van der Waals surface area contributed by atoms with Gasteiger partial charge in [0.2, 0.25) is 0 Å². The lowest BCUT2D eigenvalue weighted by Gasteiger charge is -2.07. The van der Waals surface area contributed by atoms with Gasteiger partial charge in [-0.05, 0) is 35.4 Å². The molecule has 0 atom stereocenters. The Morgan fingerprint density at radius 1 is 1.00 bits per heavy atom. The Kier molecular flexibility index (Phi) is 4.20. The van der Waals surface area contributed by atoms with Crippen LogP contribution in [0.3, 0.4) is 0 Å². The summed E-state index contributed by atoms with van der Waals surface area (Å²) in [4.78, 5) is 10.9. The number of carbonyl (C=O) groups is 1. The van der Waals surface area contributed by atoms with E-state index in [1.807, 2.05) is 12.1 Å². The Morgan fingerprint density at radius 3 is 2.20 bits per heavy atom. The molecular formula is C15H13FO4. The van der Waals surface area contributed by atoms with Gasteiger partial charge < -0.3 is 14.2 Å². The van der Waals surface area contributed by atoms with Crippen LogP contribution in [0.25, 0.3) is 11.1 Å². The zero-order valence-electron chi connectivity index (χ0n) is 11.1. The van der Waals surface area contributed by atoms with Crippen LogP contribution in [0.2, 0.25) is 0 Å². The van der Waals surface area contributed by atoms with Crippen molar-refractivity contribution in [3.63, 3.8) is 0 Å². The second kappa shape index (κ2) is 6.06. The number of hydrogen-bond donors (Lipinski definition) is 0. The van der Waals surface area contributed by atoms with Crippen molar-refractivity contribution in [3.05, 3.63) is 48.3 Å². The average Bonchev–Trinajstić information content (AvgIpc) is 2.49. The summed E-state index contributed by atoms with van der Waals surface area (Å²) in [6.45, 7) is 0. The Hall–Kier alpha value is -2.56. The van der Waals surface area contributed by atoms with E-state index in [0.29, 0.717) is 5.56 Å². The van der Waals surface area contributed by atoms with Crippen molar-refractivity contribution in [2.45, 2.75) is 0 Å². The second-order valence-electron chi connectivity index (χ2n) is 3.93. The molecule has 0 spiro atoms. The molecule has 0 bridgehead atoms. The fourth-order valence-electron chi connectivity index (χ4n) is 1.68. The second-order valence-corrected chi connectivity index (χ2v) is 3.93. The van der Waals surface area contributed by atoms with Gasteiger partial charge in [-0.2, -0.15) is 0 Å². The highest BCUT2D eigenvalue weighted by atomic mass is 19.1. The molecule has 0 aliphatic rings. The molecule has 0 aromatic heterocycles. The average molecular weight is 276 g/mol. The maximum atomic E-state index is 13.8. The topological polar surface area (TPSA) is 44.8 Å². The van der Waals surface area contributed by atoms with Gasteiger partial charge in [-0.25, -0.2) is 9.18 Å². The molecule has 0 amide bonds. The van der Waals surface area contributed by atoms with Crippen molar-refractivity contribution in [1.82, 2.24) is 0 Å². The Bertz CT molecular complexity index is 608. The zero-order valence-corrected chi connectivity index (χ0v) is 11.1. The summed E-state index contributed by atoms with van der Waals surface area (Å²) in [5, 5.41) is 0. The SMILES string of the molecule is COC(=O)Oc1ccc(-c2ccc(OC)cc2)cc1F. The van der Waals surface area contributed by atoms with Gasteiger partial charge >= 0.3 is 6.16 Å². The first kappa shape index (κ1) is 13.9. The first-order chi connectivity index (χ1) is 9.63. The molecule has 0 heterocycles. The van der Waals surface area contributed by atoms with E-state index < -0.39 is 12.0 Å². The van der Waals surface area contributed by atoms with Crippen LogP contribution in [0, 0.1) is 5.82 Å². The van der Waals surface area contributed by atoms with Crippen LogP contribution < -0.4 is 9.47 Å². The third-order valence-electron chi connectivity index (χ3n) is 2.72. The van der Waals surface area contributed by atoms with Gasteiger partial charge in [-0.1, -0.05) is 18.2 Å². The molecule has 0 saturated heterocycles. The van der Waals surface area contributed by atoms with Crippen LogP contribution in [0.5, 0.6) is 11.5 Å². The zero-order chi connectivity index (χ0) is 14.5. The lowest BCUT2D eigenvalue weighted by molar-refractivity contribution is 0.119. The molecule has 0 fully saturated rings. The van der Waals surface area contributed by atoms with E-state index in [0.717, 1.165) is 18.4 Å². The maximum absolute atomic E-state index is 13.8. The highest BCUT2D eigenvalue weighted by Gasteiger charge is 2.10. The maximum Gasteiger partial charge on any atom is 0.513 e. The Morgan fingerprint density at radius 2 is 1.65 bits per heavy atom. The van der Waals surface area contributed by atoms with Gasteiger partial charge in [0.05, 0.1) is 14.2 Å². The van der Waals surface area contributed by atoms with Crippen LogP contribution in [0.1, 0.15) is 0 Å². The number of rotatable bonds is 3. The molecule has 0 unspecified atom stereocenters. The van der Waals surface area contributed by atoms with Gasteiger partial charge in [0.25, 0.3) is 0 Å². The summed E-state index contributed by atoms with van der Waals surface area (Å²) in [7, 11) is 2.74. The highest BCUT2D eigenvalue weighted by molar-refractivity contribution is 5.67. The summed E-state index contributed by atoms with van der Waals surface area (Å²) in [5.74, 6) is -0.0855. The summed E-state index contributed by atoms with van der Waals surface area (Å²) < 4.78 is 27.9. The summed E-state index contributed by atoms with van der Waals surface area (Å²) in [6, 6.07) is 11.5. The van der Waals surface area contributed by atoms with Crippen molar-refractivity contribution >= 4 is 6.16 Å². The lowest BCUT2D eigenvalue weighted by Crippen LogP contribution is -2.08. The van der Waals surface area contributed by atoms with E-state index in [2.05, 4.69) is 9.47 Å². The van der Waals surface area contributed by atoms with E-state index in [1.165, 1.54) is 12.1 Å². The number of benzene rings is 2. The van der Waals surface area contributed by atoms with Crippen molar-refractivity contribution in [2.24, 2.45) is 0 Å². The van der Waals surface area contributed by atoms with Crippen molar-refractivity contribution < 1.29 is 23.4 Å². The predicted octanol–water partition coefficient (Wildman–Crippen LogP) is 3.65. The molecule has 0 aliphatic carbocycles. The van der Waals surface area contributed by atoms with E-state index in [-0.39, 0.29) is 5.75 Å². The molecule has 0 aliphatic heterocycles. The molecule has 104 valence electrons. The minimum Gasteiger partial charge on any atom is -0.497 e. The quantitative estimate of drug-likeness (QED) is 0.634. The van der Waals surface area contributed by atoms with Crippen molar-refractivity contribution in [1.29, 1.82) is 0 Å². The Balaban J connectivity index is 2.25. The minimum atomic E-state index is -0.957. The molecular weight excluding hydrogens is 263 g/mol. The van der Waals surface area contributed by atoms with E-state index in [1.54, 1.807) is 25.3 Å². The standard InChI is InChI=1S/C15H13FO4/c1-18-12-6-3-10(4-7-12)11-5-8-14(13(16)9-11)20-15(17)19-2/h3-9H,1-2H3. The smallest absolute Gasteiger partial charge is 0.497 e. The molecule has 4 nitrogen and oxygen atoms in total. The van der Waals surface area contributed by atoms with Crippen molar-refractivity contribution in [2.75, 3.05) is 14.2 Å². The first-order valence-corrected chi connectivity index (χ1v) is 5.84. The van der Waals surface area contributed by atoms with Crippen LogP contribution in [0.4, 0.5) is 9.18 Å². The molecule has 2 aromatic carbocycles. The number of halogens is 1. The van der Waals surface area contributed by atoms with E-state index >= 15 is 0 Å². The van der Waals surface area contributed by atoms with E-state index in [4.69, 9.17) is 4.74 Å².